The SMILES string of the molecule is C=C(CNc1ccc(OCC)c(F)c1)c1ccccc1. The van der Waals surface area contributed by atoms with Crippen LogP contribution >= 0.6 is 0 Å². The summed E-state index contributed by atoms with van der Waals surface area (Å²) < 4.78 is 18.9. The van der Waals surface area contributed by atoms with Crippen molar-refractivity contribution in [2.45, 2.75) is 6.92 Å². The molecule has 0 atom stereocenters. The fourth-order valence-corrected chi connectivity index (χ4v) is 1.87. The minimum atomic E-state index is -0.359. The van der Waals surface area contributed by atoms with E-state index >= 15 is 0 Å². The molecule has 0 aliphatic rings. The Balaban J connectivity index is 1.97. The lowest BCUT2D eigenvalue weighted by atomic mass is 10.1. The molecule has 3 heteroatoms. The number of halogens is 1. The maximum absolute atomic E-state index is 13.7. The van der Waals surface area contributed by atoms with Gasteiger partial charge in [-0.1, -0.05) is 36.9 Å². The highest BCUT2D eigenvalue weighted by Gasteiger charge is 2.04. The monoisotopic (exact) mass is 271 g/mol. The van der Waals surface area contributed by atoms with E-state index in [-0.39, 0.29) is 11.6 Å². The predicted molar refractivity (Wildman–Crippen MR) is 81.5 cm³/mol. The molecule has 0 fully saturated rings. The molecule has 0 aliphatic carbocycles. The van der Waals surface area contributed by atoms with E-state index in [0.717, 1.165) is 11.1 Å². The van der Waals surface area contributed by atoms with Gasteiger partial charge in [0.25, 0.3) is 0 Å². The molecule has 1 N–H and O–H groups in total. The lowest BCUT2D eigenvalue weighted by Crippen LogP contribution is -2.04. The van der Waals surface area contributed by atoms with Crippen LogP contribution in [0.2, 0.25) is 0 Å². The van der Waals surface area contributed by atoms with Gasteiger partial charge in [0, 0.05) is 18.3 Å². The minimum Gasteiger partial charge on any atom is -0.491 e. The van der Waals surface area contributed by atoms with Gasteiger partial charge in [-0.25, -0.2) is 4.39 Å². The van der Waals surface area contributed by atoms with Gasteiger partial charge in [-0.05, 0) is 30.2 Å². The number of nitrogens with one attached hydrogen (secondary N) is 1. The molecule has 20 heavy (non-hydrogen) atoms. The molecule has 0 amide bonds. The molecule has 2 aromatic rings. The Labute approximate surface area is 118 Å². The molecule has 0 spiro atoms. The standard InChI is InChI=1S/C17H18FNO/c1-3-20-17-10-9-15(11-16(17)18)19-12-13(2)14-7-5-4-6-8-14/h4-11,19H,2-3,12H2,1H3. The van der Waals surface area contributed by atoms with E-state index in [0.29, 0.717) is 18.8 Å². The van der Waals surface area contributed by atoms with E-state index in [1.165, 1.54) is 6.07 Å². The van der Waals surface area contributed by atoms with Crippen LogP contribution in [0.15, 0.2) is 55.1 Å². The average molecular weight is 271 g/mol. The molecule has 0 radical (unpaired) electrons. The molecule has 2 rings (SSSR count). The molecule has 0 saturated carbocycles. The summed E-state index contributed by atoms with van der Waals surface area (Å²) in [5, 5.41) is 3.16. The first-order valence-electron chi connectivity index (χ1n) is 6.60. The van der Waals surface area contributed by atoms with Gasteiger partial charge in [-0.3, -0.25) is 0 Å². The van der Waals surface area contributed by atoms with Crippen molar-refractivity contribution in [2.24, 2.45) is 0 Å². The van der Waals surface area contributed by atoms with Gasteiger partial charge in [0.15, 0.2) is 11.6 Å². The van der Waals surface area contributed by atoms with Crippen molar-refractivity contribution in [1.82, 2.24) is 0 Å². The summed E-state index contributed by atoms with van der Waals surface area (Å²) in [6.07, 6.45) is 0. The van der Waals surface area contributed by atoms with Gasteiger partial charge >= 0.3 is 0 Å². The summed E-state index contributed by atoms with van der Waals surface area (Å²) in [5.41, 5.74) is 2.74. The van der Waals surface area contributed by atoms with Crippen molar-refractivity contribution in [2.75, 3.05) is 18.5 Å². The molecule has 0 bridgehead atoms. The molecule has 104 valence electrons. The highest BCUT2D eigenvalue weighted by Crippen LogP contribution is 2.22. The molecular weight excluding hydrogens is 253 g/mol. The second-order valence-corrected chi connectivity index (χ2v) is 4.40. The first-order valence-corrected chi connectivity index (χ1v) is 6.60. The normalized spacial score (nSPS) is 10.1. The van der Waals surface area contributed by atoms with Crippen LogP contribution in [0.1, 0.15) is 12.5 Å². The summed E-state index contributed by atoms with van der Waals surface area (Å²) in [4.78, 5) is 0. The second kappa shape index (κ2) is 6.75. The van der Waals surface area contributed by atoms with Crippen molar-refractivity contribution >= 4 is 11.3 Å². The Bertz CT molecular complexity index is 581. The van der Waals surface area contributed by atoms with Crippen LogP contribution in [0.3, 0.4) is 0 Å². The van der Waals surface area contributed by atoms with Crippen LogP contribution in [-0.2, 0) is 0 Å². The van der Waals surface area contributed by atoms with Crippen LogP contribution < -0.4 is 10.1 Å². The second-order valence-electron chi connectivity index (χ2n) is 4.40. The van der Waals surface area contributed by atoms with Crippen molar-refractivity contribution < 1.29 is 9.13 Å². The zero-order valence-electron chi connectivity index (χ0n) is 11.5. The molecule has 0 heterocycles. The van der Waals surface area contributed by atoms with E-state index < -0.39 is 0 Å². The fourth-order valence-electron chi connectivity index (χ4n) is 1.87. The van der Waals surface area contributed by atoms with Gasteiger partial charge in [0.05, 0.1) is 6.61 Å². The Morgan fingerprint density at radius 3 is 2.60 bits per heavy atom. The number of hydrogen-bond donors (Lipinski definition) is 1. The Morgan fingerprint density at radius 2 is 1.95 bits per heavy atom. The summed E-state index contributed by atoms with van der Waals surface area (Å²) in [7, 11) is 0. The topological polar surface area (TPSA) is 21.3 Å². The van der Waals surface area contributed by atoms with E-state index in [1.54, 1.807) is 12.1 Å². The Morgan fingerprint density at radius 1 is 1.20 bits per heavy atom. The predicted octanol–water partition coefficient (Wildman–Crippen LogP) is 4.35. The molecule has 0 unspecified atom stereocenters. The number of ether oxygens (including phenoxy) is 1. The highest BCUT2D eigenvalue weighted by molar-refractivity contribution is 5.67. The zero-order chi connectivity index (χ0) is 14.4. The van der Waals surface area contributed by atoms with Crippen LogP contribution in [0.5, 0.6) is 5.75 Å². The van der Waals surface area contributed by atoms with Gasteiger partial charge in [0.1, 0.15) is 0 Å². The smallest absolute Gasteiger partial charge is 0.167 e. The maximum atomic E-state index is 13.7. The molecule has 0 saturated heterocycles. The third-order valence-corrected chi connectivity index (χ3v) is 2.92. The zero-order valence-corrected chi connectivity index (χ0v) is 11.5. The lowest BCUT2D eigenvalue weighted by molar-refractivity contribution is 0.321. The van der Waals surface area contributed by atoms with E-state index in [4.69, 9.17) is 4.74 Å². The van der Waals surface area contributed by atoms with Crippen molar-refractivity contribution in [3.63, 3.8) is 0 Å². The van der Waals surface area contributed by atoms with E-state index in [2.05, 4.69) is 11.9 Å². The number of anilines is 1. The van der Waals surface area contributed by atoms with Crippen molar-refractivity contribution in [3.05, 3.63) is 66.5 Å². The largest absolute Gasteiger partial charge is 0.491 e. The Hall–Kier alpha value is -2.29. The van der Waals surface area contributed by atoms with Gasteiger partial charge in [-0.15, -0.1) is 0 Å². The molecular formula is C17H18FNO. The van der Waals surface area contributed by atoms with Crippen LogP contribution in [0.25, 0.3) is 5.57 Å². The van der Waals surface area contributed by atoms with Crippen LogP contribution in [-0.4, -0.2) is 13.2 Å². The third-order valence-electron chi connectivity index (χ3n) is 2.92. The summed E-state index contributed by atoms with van der Waals surface area (Å²) in [6.45, 7) is 6.88. The minimum absolute atomic E-state index is 0.278. The van der Waals surface area contributed by atoms with Crippen LogP contribution in [0.4, 0.5) is 10.1 Å². The first kappa shape index (κ1) is 14.1. The molecule has 2 aromatic carbocycles. The fraction of sp³-hybridized carbons (Fsp3) is 0.176. The summed E-state index contributed by atoms with van der Waals surface area (Å²) in [5.74, 6) is -0.0814. The van der Waals surface area contributed by atoms with E-state index in [1.807, 2.05) is 37.3 Å². The molecule has 0 aliphatic heterocycles. The van der Waals surface area contributed by atoms with Crippen LogP contribution in [0, 0.1) is 5.82 Å². The first-order chi connectivity index (χ1) is 9.70. The van der Waals surface area contributed by atoms with Gasteiger partial charge < -0.3 is 10.1 Å². The lowest BCUT2D eigenvalue weighted by Gasteiger charge is -2.11. The number of hydrogen-bond acceptors (Lipinski definition) is 2. The average Bonchev–Trinajstić information content (AvgIpc) is 2.48. The Kier molecular flexibility index (Phi) is 4.77. The highest BCUT2D eigenvalue weighted by atomic mass is 19.1. The quantitative estimate of drug-likeness (QED) is 0.843. The number of rotatable bonds is 6. The van der Waals surface area contributed by atoms with Gasteiger partial charge in [-0.2, -0.15) is 0 Å². The van der Waals surface area contributed by atoms with E-state index in [9.17, 15) is 4.39 Å². The number of benzene rings is 2. The summed E-state index contributed by atoms with van der Waals surface area (Å²) >= 11 is 0. The maximum Gasteiger partial charge on any atom is 0.167 e. The molecule has 2 nitrogen and oxygen atoms in total. The molecule has 0 aromatic heterocycles. The van der Waals surface area contributed by atoms with Crippen molar-refractivity contribution in [3.8, 4) is 5.75 Å². The third kappa shape index (κ3) is 3.60. The van der Waals surface area contributed by atoms with Gasteiger partial charge in [0.2, 0.25) is 0 Å². The summed E-state index contributed by atoms with van der Waals surface area (Å²) in [6, 6.07) is 14.8. The van der Waals surface area contributed by atoms with Crippen molar-refractivity contribution in [1.29, 1.82) is 0 Å².